The summed E-state index contributed by atoms with van der Waals surface area (Å²) >= 11 is 7.78. The summed E-state index contributed by atoms with van der Waals surface area (Å²) < 4.78 is 5.72. The largest absolute Gasteiger partial charge is 0.457 e. The van der Waals surface area contributed by atoms with Gasteiger partial charge in [-0.2, -0.15) is 0 Å². The molecule has 0 aromatic heterocycles. The maximum absolute atomic E-state index is 6.08. The Morgan fingerprint density at radius 2 is 1.78 bits per heavy atom. The van der Waals surface area contributed by atoms with Crippen molar-refractivity contribution in [1.29, 1.82) is 0 Å². The van der Waals surface area contributed by atoms with E-state index in [1.807, 2.05) is 42.7 Å². The van der Waals surface area contributed by atoms with Gasteiger partial charge in [-0.05, 0) is 48.2 Å². The van der Waals surface area contributed by atoms with E-state index < -0.39 is 0 Å². The molecule has 0 heterocycles. The van der Waals surface area contributed by atoms with E-state index in [2.05, 4.69) is 0 Å². The number of benzene rings is 2. The first-order chi connectivity index (χ1) is 8.72. The van der Waals surface area contributed by atoms with E-state index >= 15 is 0 Å². The number of rotatable bonds is 4. The summed E-state index contributed by atoms with van der Waals surface area (Å²) in [7, 11) is 0. The molecule has 0 fully saturated rings. The van der Waals surface area contributed by atoms with Crippen LogP contribution in [0.3, 0.4) is 0 Å². The van der Waals surface area contributed by atoms with Gasteiger partial charge in [0.1, 0.15) is 11.5 Å². The Morgan fingerprint density at radius 3 is 2.33 bits per heavy atom. The predicted molar refractivity (Wildman–Crippen MR) is 77.6 cm³/mol. The van der Waals surface area contributed by atoms with Gasteiger partial charge in [0, 0.05) is 16.5 Å². The van der Waals surface area contributed by atoms with Crippen molar-refractivity contribution in [3.8, 4) is 11.5 Å². The maximum atomic E-state index is 6.08. The van der Waals surface area contributed by atoms with Gasteiger partial charge in [-0.25, -0.2) is 0 Å². The fourth-order valence-electron chi connectivity index (χ4n) is 1.54. The van der Waals surface area contributed by atoms with Gasteiger partial charge in [0.2, 0.25) is 0 Å². The summed E-state index contributed by atoms with van der Waals surface area (Å²) in [5.74, 6) is 1.51. The second-order valence-electron chi connectivity index (χ2n) is 3.73. The van der Waals surface area contributed by atoms with Crippen LogP contribution in [0.25, 0.3) is 0 Å². The average Bonchev–Trinajstić information content (AvgIpc) is 2.40. The SMILES string of the molecule is CSc1ccc(Oc2ccc(CN)c(Cl)c2)cc1. The Kier molecular flexibility index (Phi) is 4.53. The third-order valence-electron chi connectivity index (χ3n) is 2.54. The van der Waals surface area contributed by atoms with Crippen molar-refractivity contribution in [3.05, 3.63) is 53.1 Å². The molecule has 94 valence electrons. The molecule has 0 spiro atoms. The maximum Gasteiger partial charge on any atom is 0.128 e. The first kappa shape index (κ1) is 13.3. The number of ether oxygens (including phenoxy) is 1. The average molecular weight is 280 g/mol. The Balaban J connectivity index is 2.15. The van der Waals surface area contributed by atoms with Crippen LogP contribution in [-0.2, 0) is 6.54 Å². The van der Waals surface area contributed by atoms with Crippen LogP contribution in [0.4, 0.5) is 0 Å². The van der Waals surface area contributed by atoms with Crippen LogP contribution >= 0.6 is 23.4 Å². The summed E-state index contributed by atoms with van der Waals surface area (Å²) in [6.45, 7) is 0.432. The molecule has 2 N–H and O–H groups in total. The molecule has 18 heavy (non-hydrogen) atoms. The fraction of sp³-hybridized carbons (Fsp3) is 0.143. The van der Waals surface area contributed by atoms with Gasteiger partial charge in [0.25, 0.3) is 0 Å². The molecule has 0 amide bonds. The predicted octanol–water partition coefficient (Wildman–Crippen LogP) is 4.31. The molecule has 0 aliphatic rings. The van der Waals surface area contributed by atoms with E-state index in [1.165, 1.54) is 4.90 Å². The van der Waals surface area contributed by atoms with Crippen molar-refractivity contribution in [2.45, 2.75) is 11.4 Å². The number of hydrogen-bond donors (Lipinski definition) is 1. The van der Waals surface area contributed by atoms with E-state index in [1.54, 1.807) is 17.8 Å². The van der Waals surface area contributed by atoms with Crippen LogP contribution in [0, 0.1) is 0 Å². The minimum absolute atomic E-state index is 0.432. The van der Waals surface area contributed by atoms with E-state index in [4.69, 9.17) is 22.1 Å². The molecular weight excluding hydrogens is 266 g/mol. The minimum Gasteiger partial charge on any atom is -0.457 e. The molecule has 2 aromatic rings. The van der Waals surface area contributed by atoms with Gasteiger partial charge >= 0.3 is 0 Å². The van der Waals surface area contributed by atoms with Crippen molar-refractivity contribution in [1.82, 2.24) is 0 Å². The third kappa shape index (κ3) is 3.19. The van der Waals surface area contributed by atoms with Crippen LogP contribution < -0.4 is 10.5 Å². The van der Waals surface area contributed by atoms with Crippen LogP contribution in [-0.4, -0.2) is 6.26 Å². The quantitative estimate of drug-likeness (QED) is 0.847. The van der Waals surface area contributed by atoms with Crippen molar-refractivity contribution in [2.24, 2.45) is 5.73 Å². The molecule has 4 heteroatoms. The summed E-state index contributed by atoms with van der Waals surface area (Å²) in [5, 5.41) is 0.635. The normalized spacial score (nSPS) is 10.4. The number of hydrogen-bond acceptors (Lipinski definition) is 3. The van der Waals surface area contributed by atoms with Gasteiger partial charge in [-0.15, -0.1) is 11.8 Å². The van der Waals surface area contributed by atoms with Gasteiger partial charge in [-0.1, -0.05) is 17.7 Å². The van der Waals surface area contributed by atoms with Crippen molar-refractivity contribution < 1.29 is 4.74 Å². The fourth-order valence-corrected chi connectivity index (χ4v) is 2.19. The lowest BCUT2D eigenvalue weighted by atomic mass is 10.2. The Labute approximate surface area is 116 Å². The van der Waals surface area contributed by atoms with E-state index in [0.717, 1.165) is 11.3 Å². The molecule has 0 saturated carbocycles. The number of thioether (sulfide) groups is 1. The highest BCUT2D eigenvalue weighted by atomic mass is 35.5. The van der Waals surface area contributed by atoms with Crippen LogP contribution in [0.1, 0.15) is 5.56 Å². The molecule has 2 nitrogen and oxygen atoms in total. The van der Waals surface area contributed by atoms with Crippen LogP contribution in [0.2, 0.25) is 5.02 Å². The Bertz CT molecular complexity index is 528. The number of halogens is 1. The van der Waals surface area contributed by atoms with Crippen molar-refractivity contribution >= 4 is 23.4 Å². The molecule has 0 radical (unpaired) electrons. The lowest BCUT2D eigenvalue weighted by Crippen LogP contribution is -1.97. The lowest BCUT2D eigenvalue weighted by molar-refractivity contribution is 0.482. The van der Waals surface area contributed by atoms with Gasteiger partial charge in [0.15, 0.2) is 0 Å². The second kappa shape index (κ2) is 6.14. The number of nitrogens with two attached hydrogens (primary N) is 1. The van der Waals surface area contributed by atoms with Gasteiger partial charge in [-0.3, -0.25) is 0 Å². The van der Waals surface area contributed by atoms with Crippen molar-refractivity contribution in [3.63, 3.8) is 0 Å². The molecule has 0 saturated heterocycles. The summed E-state index contributed by atoms with van der Waals surface area (Å²) in [6.07, 6.45) is 2.04. The molecule has 2 rings (SSSR count). The standard InChI is InChI=1S/C14H14ClNOS/c1-18-13-6-4-11(5-7-13)17-12-3-2-10(9-16)14(15)8-12/h2-8H,9,16H2,1H3. The summed E-state index contributed by atoms with van der Waals surface area (Å²) in [6, 6.07) is 13.5. The molecular formula is C14H14ClNOS. The monoisotopic (exact) mass is 279 g/mol. The first-order valence-corrected chi connectivity index (χ1v) is 7.13. The van der Waals surface area contributed by atoms with E-state index in [9.17, 15) is 0 Å². The zero-order valence-corrected chi connectivity index (χ0v) is 11.6. The topological polar surface area (TPSA) is 35.2 Å². The smallest absolute Gasteiger partial charge is 0.128 e. The zero-order valence-electron chi connectivity index (χ0n) is 10.0. The Morgan fingerprint density at radius 1 is 1.11 bits per heavy atom. The molecule has 0 unspecified atom stereocenters. The molecule has 0 bridgehead atoms. The van der Waals surface area contributed by atoms with Crippen LogP contribution in [0.15, 0.2) is 47.4 Å². The molecule has 0 aliphatic carbocycles. The highest BCUT2D eigenvalue weighted by Crippen LogP contribution is 2.27. The van der Waals surface area contributed by atoms with Crippen LogP contribution in [0.5, 0.6) is 11.5 Å². The lowest BCUT2D eigenvalue weighted by Gasteiger charge is -2.08. The van der Waals surface area contributed by atoms with E-state index in [-0.39, 0.29) is 0 Å². The minimum atomic E-state index is 0.432. The summed E-state index contributed by atoms with van der Waals surface area (Å²) in [5.41, 5.74) is 6.48. The van der Waals surface area contributed by atoms with Gasteiger partial charge in [0.05, 0.1) is 0 Å². The summed E-state index contributed by atoms with van der Waals surface area (Å²) in [4.78, 5) is 1.21. The molecule has 0 atom stereocenters. The highest BCUT2D eigenvalue weighted by Gasteiger charge is 2.02. The van der Waals surface area contributed by atoms with Gasteiger partial charge < -0.3 is 10.5 Å². The molecule has 2 aromatic carbocycles. The Hall–Kier alpha value is -1.16. The first-order valence-electron chi connectivity index (χ1n) is 5.53. The highest BCUT2D eigenvalue weighted by molar-refractivity contribution is 7.98. The second-order valence-corrected chi connectivity index (χ2v) is 5.02. The molecule has 0 aliphatic heterocycles. The van der Waals surface area contributed by atoms with E-state index in [0.29, 0.717) is 17.3 Å². The zero-order chi connectivity index (χ0) is 13.0. The third-order valence-corrected chi connectivity index (χ3v) is 3.64. The van der Waals surface area contributed by atoms with Crippen molar-refractivity contribution in [2.75, 3.05) is 6.26 Å².